The Balaban J connectivity index is 1.73. The van der Waals surface area contributed by atoms with E-state index in [0.29, 0.717) is 6.61 Å². The Labute approximate surface area is 159 Å². The lowest BCUT2D eigenvalue weighted by Crippen LogP contribution is -2.62. The second kappa shape index (κ2) is 6.69. The van der Waals surface area contributed by atoms with Crippen LogP contribution in [0, 0.1) is 13.8 Å². The maximum Gasteiger partial charge on any atom is 0.225 e. The van der Waals surface area contributed by atoms with Crippen molar-refractivity contribution in [1.82, 2.24) is 0 Å². The lowest BCUT2D eigenvalue weighted by molar-refractivity contribution is -0.362. The zero-order chi connectivity index (χ0) is 19.3. The van der Waals surface area contributed by atoms with Crippen LogP contribution in [0.5, 0.6) is 0 Å². The van der Waals surface area contributed by atoms with E-state index in [4.69, 9.17) is 9.47 Å². The van der Waals surface area contributed by atoms with Crippen LogP contribution in [0.2, 0.25) is 0 Å². The molecule has 5 atom stereocenters. The normalized spacial score (nSPS) is 32.7. The number of benzene rings is 2. The molecule has 0 aromatic heterocycles. The maximum atomic E-state index is 10.7. The number of hydrogen-bond donors (Lipinski definition) is 3. The molecule has 2 aliphatic heterocycles. The SMILES string of the molecule is Cc1ccc(Cc2cc3c(cc2C)CO[C@]32O[C@H](C)[C@@H](O)[C@H](O)[C@H]2O)cc1. The van der Waals surface area contributed by atoms with Crippen LogP contribution in [0.25, 0.3) is 0 Å². The van der Waals surface area contributed by atoms with Crippen molar-refractivity contribution in [3.05, 3.63) is 69.8 Å². The lowest BCUT2D eigenvalue weighted by atomic mass is 9.85. The Kier molecular flexibility index (Phi) is 4.61. The van der Waals surface area contributed by atoms with Crippen LogP contribution in [0.15, 0.2) is 36.4 Å². The minimum atomic E-state index is -1.44. The summed E-state index contributed by atoms with van der Waals surface area (Å²) in [5, 5.41) is 31.0. The highest BCUT2D eigenvalue weighted by atomic mass is 16.7. The molecule has 0 bridgehead atoms. The molecule has 0 unspecified atom stereocenters. The molecule has 0 amide bonds. The van der Waals surface area contributed by atoms with Gasteiger partial charge in [-0.05, 0) is 55.5 Å². The largest absolute Gasteiger partial charge is 0.388 e. The first-order valence-electron chi connectivity index (χ1n) is 9.36. The Morgan fingerprint density at radius 1 is 1.04 bits per heavy atom. The highest BCUT2D eigenvalue weighted by molar-refractivity contribution is 5.45. The van der Waals surface area contributed by atoms with Crippen molar-refractivity contribution < 1.29 is 24.8 Å². The first kappa shape index (κ1) is 18.6. The van der Waals surface area contributed by atoms with Crippen LogP contribution < -0.4 is 0 Å². The fourth-order valence-electron chi connectivity index (χ4n) is 4.08. The van der Waals surface area contributed by atoms with Crippen LogP contribution in [0.1, 0.15) is 40.3 Å². The fraction of sp³-hybridized carbons (Fsp3) is 0.455. The summed E-state index contributed by atoms with van der Waals surface area (Å²) in [5.74, 6) is -1.44. The fourth-order valence-corrected chi connectivity index (χ4v) is 4.08. The zero-order valence-corrected chi connectivity index (χ0v) is 15.8. The molecule has 5 nitrogen and oxygen atoms in total. The van der Waals surface area contributed by atoms with E-state index >= 15 is 0 Å². The predicted octanol–water partition coefficient (Wildman–Crippen LogP) is 2.08. The smallest absolute Gasteiger partial charge is 0.225 e. The molecule has 0 aliphatic carbocycles. The van der Waals surface area contributed by atoms with Crippen molar-refractivity contribution in [2.24, 2.45) is 0 Å². The number of aliphatic hydroxyl groups excluding tert-OH is 3. The average Bonchev–Trinajstić information content (AvgIpc) is 2.99. The molecule has 0 saturated carbocycles. The molecule has 2 aromatic rings. The van der Waals surface area contributed by atoms with Crippen LogP contribution in [0.3, 0.4) is 0 Å². The predicted molar refractivity (Wildman–Crippen MR) is 100 cm³/mol. The monoisotopic (exact) mass is 370 g/mol. The number of rotatable bonds is 2. The Morgan fingerprint density at radius 2 is 1.74 bits per heavy atom. The summed E-state index contributed by atoms with van der Waals surface area (Å²) in [4.78, 5) is 0. The third-order valence-electron chi connectivity index (χ3n) is 5.80. The van der Waals surface area contributed by atoms with Crippen LogP contribution in [-0.4, -0.2) is 39.7 Å². The van der Waals surface area contributed by atoms with Crippen molar-refractivity contribution in [1.29, 1.82) is 0 Å². The zero-order valence-electron chi connectivity index (χ0n) is 15.8. The molecule has 3 N–H and O–H groups in total. The van der Waals surface area contributed by atoms with Crippen molar-refractivity contribution in [3.8, 4) is 0 Å². The molecule has 2 aliphatic rings. The maximum absolute atomic E-state index is 10.7. The highest BCUT2D eigenvalue weighted by Gasteiger charge is 2.57. The van der Waals surface area contributed by atoms with Gasteiger partial charge in [0.25, 0.3) is 0 Å². The number of fused-ring (bicyclic) bond motifs is 2. The molecule has 2 heterocycles. The van der Waals surface area contributed by atoms with E-state index in [1.54, 1.807) is 6.92 Å². The van der Waals surface area contributed by atoms with Gasteiger partial charge in [0.05, 0.1) is 12.7 Å². The molecule has 27 heavy (non-hydrogen) atoms. The summed E-state index contributed by atoms with van der Waals surface area (Å²) in [6, 6.07) is 12.5. The Bertz CT molecular complexity index is 847. The van der Waals surface area contributed by atoms with Gasteiger partial charge in [-0.15, -0.1) is 0 Å². The van der Waals surface area contributed by atoms with E-state index in [1.165, 1.54) is 11.1 Å². The van der Waals surface area contributed by atoms with Gasteiger partial charge in [0.15, 0.2) is 0 Å². The number of ether oxygens (including phenoxy) is 2. The molecule has 2 aromatic carbocycles. The summed E-state index contributed by atoms with van der Waals surface area (Å²) < 4.78 is 11.8. The van der Waals surface area contributed by atoms with Crippen LogP contribution in [0.4, 0.5) is 0 Å². The molecular formula is C22H26O5. The molecule has 4 rings (SSSR count). The summed E-state index contributed by atoms with van der Waals surface area (Å²) in [5.41, 5.74) is 6.36. The van der Waals surface area contributed by atoms with E-state index in [-0.39, 0.29) is 0 Å². The number of hydrogen-bond acceptors (Lipinski definition) is 5. The van der Waals surface area contributed by atoms with Gasteiger partial charge in [-0.25, -0.2) is 0 Å². The summed E-state index contributed by atoms with van der Waals surface area (Å²) >= 11 is 0. The third kappa shape index (κ3) is 3.00. The standard InChI is InChI=1S/C22H26O5/c1-12-4-6-15(7-5-12)9-16-10-18-17(8-13(16)2)11-26-22(18)21(25)20(24)19(23)14(3)27-22/h4-8,10,14,19-21,23-25H,9,11H2,1-3H3/t14-,19-,20+,21-,22+/m1/s1. The second-order valence-electron chi connectivity index (χ2n) is 7.80. The molecule has 1 saturated heterocycles. The van der Waals surface area contributed by atoms with E-state index in [0.717, 1.165) is 28.7 Å². The van der Waals surface area contributed by atoms with Gasteiger partial charge >= 0.3 is 0 Å². The van der Waals surface area contributed by atoms with Gasteiger partial charge in [0.1, 0.15) is 18.3 Å². The van der Waals surface area contributed by atoms with E-state index in [2.05, 4.69) is 44.2 Å². The third-order valence-corrected chi connectivity index (χ3v) is 5.80. The topological polar surface area (TPSA) is 79.2 Å². The molecule has 1 spiro atoms. The summed E-state index contributed by atoms with van der Waals surface area (Å²) in [7, 11) is 0. The summed E-state index contributed by atoms with van der Waals surface area (Å²) in [6.45, 7) is 6.10. The lowest BCUT2D eigenvalue weighted by Gasteiger charge is -2.45. The highest BCUT2D eigenvalue weighted by Crippen LogP contribution is 2.46. The molecule has 1 fully saturated rings. The van der Waals surface area contributed by atoms with Crippen LogP contribution in [-0.2, 0) is 28.3 Å². The van der Waals surface area contributed by atoms with Crippen molar-refractivity contribution in [2.45, 2.75) is 64.0 Å². The molecule has 144 valence electrons. The van der Waals surface area contributed by atoms with Gasteiger partial charge in [-0.3, -0.25) is 0 Å². The van der Waals surface area contributed by atoms with Gasteiger partial charge in [0, 0.05) is 5.56 Å². The van der Waals surface area contributed by atoms with Gasteiger partial charge in [-0.2, -0.15) is 0 Å². The molecule has 5 heteroatoms. The first-order valence-corrected chi connectivity index (χ1v) is 9.36. The van der Waals surface area contributed by atoms with Crippen molar-refractivity contribution >= 4 is 0 Å². The minimum absolute atomic E-state index is 0.299. The van der Waals surface area contributed by atoms with Crippen molar-refractivity contribution in [2.75, 3.05) is 0 Å². The Hall–Kier alpha value is -1.76. The van der Waals surface area contributed by atoms with E-state index in [9.17, 15) is 15.3 Å². The van der Waals surface area contributed by atoms with Gasteiger partial charge in [-0.1, -0.05) is 35.9 Å². The van der Waals surface area contributed by atoms with Crippen LogP contribution >= 0.6 is 0 Å². The van der Waals surface area contributed by atoms with Gasteiger partial charge < -0.3 is 24.8 Å². The van der Waals surface area contributed by atoms with E-state index in [1.807, 2.05) is 6.07 Å². The first-order chi connectivity index (χ1) is 12.8. The number of aliphatic hydroxyl groups is 3. The Morgan fingerprint density at radius 3 is 2.44 bits per heavy atom. The van der Waals surface area contributed by atoms with Gasteiger partial charge in [0.2, 0.25) is 5.79 Å². The average molecular weight is 370 g/mol. The minimum Gasteiger partial charge on any atom is -0.388 e. The van der Waals surface area contributed by atoms with Crippen molar-refractivity contribution in [3.63, 3.8) is 0 Å². The number of aryl methyl sites for hydroxylation is 2. The molecule has 0 radical (unpaired) electrons. The molecular weight excluding hydrogens is 344 g/mol. The van der Waals surface area contributed by atoms with E-state index < -0.39 is 30.2 Å². The second-order valence-corrected chi connectivity index (χ2v) is 7.80. The summed E-state index contributed by atoms with van der Waals surface area (Å²) in [6.07, 6.45) is -3.75. The quantitative estimate of drug-likeness (QED) is 0.754.